The van der Waals surface area contributed by atoms with Gasteiger partial charge < -0.3 is 10.0 Å². The number of carboxylic acids is 1. The summed E-state index contributed by atoms with van der Waals surface area (Å²) in [4.78, 5) is 26.0. The number of aryl methyl sites for hydroxylation is 1. The van der Waals surface area contributed by atoms with Crippen LogP contribution in [0.5, 0.6) is 0 Å². The molecule has 2 atom stereocenters. The fourth-order valence-corrected chi connectivity index (χ4v) is 4.08. The minimum Gasteiger partial charge on any atom is -0.480 e. The van der Waals surface area contributed by atoms with Crippen LogP contribution < -0.4 is 0 Å². The van der Waals surface area contributed by atoms with Crippen molar-refractivity contribution in [2.24, 2.45) is 0 Å². The zero-order valence-corrected chi connectivity index (χ0v) is 13.5. The molecule has 0 unspecified atom stereocenters. The van der Waals surface area contributed by atoms with Crippen LogP contribution in [-0.2, 0) is 4.79 Å². The molecule has 2 aromatic rings. The lowest BCUT2D eigenvalue weighted by Gasteiger charge is -2.27. The van der Waals surface area contributed by atoms with Crippen LogP contribution in [0.4, 0.5) is 0 Å². The fraction of sp³-hybridized carbons (Fsp3) is 0.222. The van der Waals surface area contributed by atoms with Crippen molar-refractivity contribution in [2.75, 3.05) is 5.75 Å². The van der Waals surface area contributed by atoms with Crippen molar-refractivity contribution in [2.45, 2.75) is 18.3 Å². The van der Waals surface area contributed by atoms with Crippen LogP contribution in [0.2, 0.25) is 0 Å². The third kappa shape index (κ3) is 3.10. The highest BCUT2D eigenvalue weighted by Crippen LogP contribution is 2.42. The van der Waals surface area contributed by atoms with E-state index >= 15 is 0 Å². The summed E-state index contributed by atoms with van der Waals surface area (Å²) in [6.45, 7) is 1.95. The van der Waals surface area contributed by atoms with Gasteiger partial charge in [-0.1, -0.05) is 48.0 Å². The lowest BCUT2D eigenvalue weighted by Crippen LogP contribution is -2.42. The number of thioether (sulfide) groups is 1. The Morgan fingerprint density at radius 1 is 1.09 bits per heavy atom. The van der Waals surface area contributed by atoms with Crippen LogP contribution in [0, 0.1) is 6.92 Å². The van der Waals surface area contributed by atoms with E-state index in [9.17, 15) is 14.7 Å². The number of aliphatic carboxylic acids is 1. The smallest absolute Gasteiger partial charge is 0.327 e. The van der Waals surface area contributed by atoms with Gasteiger partial charge in [0.1, 0.15) is 11.4 Å². The van der Waals surface area contributed by atoms with Crippen molar-refractivity contribution in [1.82, 2.24) is 4.90 Å². The first-order valence-electron chi connectivity index (χ1n) is 7.36. The molecule has 5 heteroatoms. The second-order valence-corrected chi connectivity index (χ2v) is 6.64. The normalized spacial score (nSPS) is 20.5. The van der Waals surface area contributed by atoms with Crippen LogP contribution in [0.15, 0.2) is 54.6 Å². The maximum absolute atomic E-state index is 12.9. The Kier molecular flexibility index (Phi) is 4.39. The summed E-state index contributed by atoms with van der Waals surface area (Å²) in [7, 11) is 0. The molecule has 0 bridgehead atoms. The van der Waals surface area contributed by atoms with Crippen molar-refractivity contribution < 1.29 is 14.7 Å². The van der Waals surface area contributed by atoms with E-state index in [0.717, 1.165) is 11.1 Å². The lowest BCUT2D eigenvalue weighted by atomic mass is 10.1. The van der Waals surface area contributed by atoms with Gasteiger partial charge in [0.25, 0.3) is 5.91 Å². The maximum atomic E-state index is 12.9. The maximum Gasteiger partial charge on any atom is 0.327 e. The topological polar surface area (TPSA) is 57.6 Å². The Morgan fingerprint density at radius 3 is 2.35 bits per heavy atom. The first-order chi connectivity index (χ1) is 11.1. The number of benzene rings is 2. The molecule has 1 aliphatic heterocycles. The molecule has 23 heavy (non-hydrogen) atoms. The molecule has 118 valence electrons. The molecular formula is C18H17NO3S. The Morgan fingerprint density at radius 2 is 1.74 bits per heavy atom. The van der Waals surface area contributed by atoms with E-state index in [1.807, 2.05) is 49.4 Å². The molecule has 3 rings (SSSR count). The summed E-state index contributed by atoms with van der Waals surface area (Å²) in [5, 5.41) is 9.21. The third-order valence-electron chi connectivity index (χ3n) is 3.90. The van der Waals surface area contributed by atoms with Gasteiger partial charge in [-0.3, -0.25) is 4.79 Å². The van der Waals surface area contributed by atoms with Gasteiger partial charge in [-0.25, -0.2) is 4.79 Å². The molecule has 0 saturated carbocycles. The van der Waals surface area contributed by atoms with Crippen LogP contribution in [-0.4, -0.2) is 33.7 Å². The zero-order valence-electron chi connectivity index (χ0n) is 12.7. The Bertz CT molecular complexity index is 715. The van der Waals surface area contributed by atoms with Gasteiger partial charge in [0, 0.05) is 11.3 Å². The van der Waals surface area contributed by atoms with Gasteiger partial charge in [0.2, 0.25) is 0 Å². The summed E-state index contributed by atoms with van der Waals surface area (Å²) in [5.74, 6) is -0.806. The highest BCUT2D eigenvalue weighted by molar-refractivity contribution is 7.99. The van der Waals surface area contributed by atoms with E-state index < -0.39 is 12.0 Å². The highest BCUT2D eigenvalue weighted by Gasteiger charge is 2.42. The van der Waals surface area contributed by atoms with Crippen molar-refractivity contribution in [3.63, 3.8) is 0 Å². The number of carboxylic acid groups (broad SMARTS) is 1. The standard InChI is InChI=1S/C18H17NO3S/c1-12-7-9-13(10-8-12)16(20)19-15(18(21)22)11-23-17(19)14-5-3-2-4-6-14/h2-10,15,17H,11H2,1H3,(H,21,22)/t15-,17+/m0/s1. The predicted molar refractivity (Wildman–Crippen MR) is 90.4 cm³/mol. The third-order valence-corrected chi connectivity index (χ3v) is 5.23. The quantitative estimate of drug-likeness (QED) is 0.939. The second kappa shape index (κ2) is 6.46. The average Bonchev–Trinajstić information content (AvgIpc) is 3.01. The molecular weight excluding hydrogens is 310 g/mol. The molecule has 2 aromatic carbocycles. The van der Waals surface area contributed by atoms with Crippen LogP contribution in [0.1, 0.15) is 26.9 Å². The summed E-state index contributed by atoms with van der Waals surface area (Å²) in [6.07, 6.45) is 0. The minimum absolute atomic E-state index is 0.240. The molecule has 0 spiro atoms. The van der Waals surface area contributed by atoms with Gasteiger partial charge in [-0.2, -0.15) is 0 Å². The van der Waals surface area contributed by atoms with E-state index in [-0.39, 0.29) is 11.3 Å². The SMILES string of the molecule is Cc1ccc(C(=O)N2[C@@H](c3ccccc3)SC[C@H]2C(=O)O)cc1. The first kappa shape index (κ1) is 15.6. The summed E-state index contributed by atoms with van der Waals surface area (Å²) in [5.41, 5.74) is 2.53. The lowest BCUT2D eigenvalue weighted by molar-refractivity contribution is -0.141. The molecule has 1 heterocycles. The molecule has 1 N–H and O–H groups in total. The number of hydrogen-bond donors (Lipinski definition) is 1. The first-order valence-corrected chi connectivity index (χ1v) is 8.41. The predicted octanol–water partition coefficient (Wildman–Crippen LogP) is 3.34. The minimum atomic E-state index is -0.962. The number of hydrogen-bond acceptors (Lipinski definition) is 3. The van der Waals surface area contributed by atoms with Gasteiger partial charge in [0.15, 0.2) is 0 Å². The summed E-state index contributed by atoms with van der Waals surface area (Å²) in [6, 6.07) is 16.0. The van der Waals surface area contributed by atoms with E-state index in [2.05, 4.69) is 0 Å². The van der Waals surface area contributed by atoms with Crippen LogP contribution in [0.25, 0.3) is 0 Å². The molecule has 1 saturated heterocycles. The Balaban J connectivity index is 1.97. The number of nitrogens with zero attached hydrogens (tertiary/aromatic N) is 1. The van der Waals surface area contributed by atoms with E-state index in [1.165, 1.54) is 16.7 Å². The van der Waals surface area contributed by atoms with Gasteiger partial charge >= 0.3 is 5.97 Å². The number of carbonyl (C=O) groups excluding carboxylic acids is 1. The Labute approximate surface area is 139 Å². The van der Waals surface area contributed by atoms with Crippen LogP contribution >= 0.6 is 11.8 Å². The summed E-state index contributed by atoms with van der Waals surface area (Å²) < 4.78 is 0. The zero-order chi connectivity index (χ0) is 16.4. The fourth-order valence-electron chi connectivity index (χ4n) is 2.66. The Hall–Kier alpha value is -2.27. The molecule has 1 fully saturated rings. The second-order valence-electron chi connectivity index (χ2n) is 5.53. The van der Waals surface area contributed by atoms with Gasteiger partial charge in [-0.15, -0.1) is 11.8 Å². The molecule has 0 aromatic heterocycles. The average molecular weight is 327 g/mol. The van der Waals surface area contributed by atoms with Crippen molar-refractivity contribution in [3.8, 4) is 0 Å². The largest absolute Gasteiger partial charge is 0.480 e. The molecule has 0 radical (unpaired) electrons. The monoisotopic (exact) mass is 327 g/mol. The van der Waals surface area contributed by atoms with E-state index in [4.69, 9.17) is 0 Å². The van der Waals surface area contributed by atoms with Gasteiger partial charge in [0.05, 0.1) is 0 Å². The molecule has 1 amide bonds. The van der Waals surface area contributed by atoms with Crippen LogP contribution in [0.3, 0.4) is 0 Å². The van der Waals surface area contributed by atoms with Gasteiger partial charge in [-0.05, 0) is 24.6 Å². The van der Waals surface area contributed by atoms with Crippen molar-refractivity contribution >= 4 is 23.6 Å². The van der Waals surface area contributed by atoms with Crippen molar-refractivity contribution in [3.05, 3.63) is 71.3 Å². The number of carbonyl (C=O) groups is 2. The summed E-state index contributed by atoms with van der Waals surface area (Å²) >= 11 is 1.49. The number of amides is 1. The molecule has 1 aliphatic rings. The van der Waals surface area contributed by atoms with E-state index in [1.54, 1.807) is 12.1 Å². The van der Waals surface area contributed by atoms with E-state index in [0.29, 0.717) is 11.3 Å². The number of rotatable bonds is 3. The van der Waals surface area contributed by atoms with Crippen molar-refractivity contribution in [1.29, 1.82) is 0 Å². The highest BCUT2D eigenvalue weighted by atomic mass is 32.2. The molecule has 4 nitrogen and oxygen atoms in total. The molecule has 0 aliphatic carbocycles.